The molecule has 0 spiro atoms. The van der Waals surface area contributed by atoms with Gasteiger partial charge in [-0.15, -0.1) is 0 Å². The fourth-order valence-corrected chi connectivity index (χ4v) is 2.77. The largest absolute Gasteiger partial charge is 0.396 e. The molecule has 0 bridgehead atoms. The number of aliphatic hydroxyl groups excluding tert-OH is 1. The third-order valence-electron chi connectivity index (χ3n) is 3.75. The summed E-state index contributed by atoms with van der Waals surface area (Å²) < 4.78 is 2.10. The van der Waals surface area contributed by atoms with Crippen LogP contribution in [0.25, 0.3) is 16.9 Å². The minimum absolute atomic E-state index is 0.148. The van der Waals surface area contributed by atoms with Gasteiger partial charge in [0.25, 0.3) is 0 Å². The molecule has 1 N–H and O–H groups in total. The van der Waals surface area contributed by atoms with Crippen LogP contribution in [0.5, 0.6) is 0 Å². The summed E-state index contributed by atoms with van der Waals surface area (Å²) in [6.07, 6.45) is 1.47. The number of aliphatic hydroxyl groups is 1. The summed E-state index contributed by atoms with van der Waals surface area (Å²) in [4.78, 5) is 13.7. The van der Waals surface area contributed by atoms with E-state index in [0.29, 0.717) is 6.42 Å². The molecule has 0 atom stereocenters. The molecule has 2 heterocycles. The molecular weight excluding hydrogens is 276 g/mol. The quantitative estimate of drug-likeness (QED) is 0.803. The van der Waals surface area contributed by atoms with Gasteiger partial charge in [-0.05, 0) is 38.0 Å². The maximum Gasteiger partial charge on any atom is 0.168 e. The van der Waals surface area contributed by atoms with Crippen LogP contribution in [-0.4, -0.2) is 31.2 Å². The lowest BCUT2D eigenvalue weighted by Gasteiger charge is -2.09. The number of nitrogens with zero attached hydrogens (tertiary/aromatic N) is 4. The van der Waals surface area contributed by atoms with Crippen LogP contribution in [0.4, 0.5) is 0 Å². The minimum atomic E-state index is 0.148. The van der Waals surface area contributed by atoms with Gasteiger partial charge in [-0.3, -0.25) is 4.57 Å². The molecular formula is C17H20N4O. The fourth-order valence-electron chi connectivity index (χ4n) is 2.77. The molecule has 22 heavy (non-hydrogen) atoms. The van der Waals surface area contributed by atoms with Gasteiger partial charge in [0.1, 0.15) is 17.2 Å². The van der Waals surface area contributed by atoms with E-state index in [-0.39, 0.29) is 6.61 Å². The van der Waals surface area contributed by atoms with Gasteiger partial charge in [-0.1, -0.05) is 19.1 Å². The van der Waals surface area contributed by atoms with Crippen molar-refractivity contribution >= 4 is 11.2 Å². The zero-order valence-electron chi connectivity index (χ0n) is 13.2. The summed E-state index contributed by atoms with van der Waals surface area (Å²) in [5, 5.41) is 9.15. The Bertz CT molecular complexity index is 823. The molecule has 5 nitrogen and oxygen atoms in total. The van der Waals surface area contributed by atoms with E-state index in [1.54, 1.807) is 0 Å². The molecule has 2 aromatic heterocycles. The van der Waals surface area contributed by atoms with E-state index in [9.17, 15) is 0 Å². The van der Waals surface area contributed by atoms with Crippen LogP contribution in [0.2, 0.25) is 0 Å². The second-order valence-corrected chi connectivity index (χ2v) is 5.39. The van der Waals surface area contributed by atoms with Crippen molar-refractivity contribution in [3.63, 3.8) is 0 Å². The Kier molecular flexibility index (Phi) is 3.90. The Hall–Kier alpha value is -2.27. The zero-order chi connectivity index (χ0) is 15.7. The second kappa shape index (κ2) is 5.85. The van der Waals surface area contributed by atoms with Crippen LogP contribution in [0, 0.1) is 13.8 Å². The molecule has 0 aliphatic carbocycles. The van der Waals surface area contributed by atoms with Crippen LogP contribution in [0.15, 0.2) is 24.3 Å². The highest BCUT2D eigenvalue weighted by atomic mass is 16.2. The van der Waals surface area contributed by atoms with E-state index in [1.165, 1.54) is 0 Å². The first-order valence-corrected chi connectivity index (χ1v) is 7.56. The van der Waals surface area contributed by atoms with Gasteiger partial charge >= 0.3 is 0 Å². The lowest BCUT2D eigenvalue weighted by molar-refractivity contribution is 0.299. The molecule has 0 fully saturated rings. The Morgan fingerprint density at radius 3 is 2.68 bits per heavy atom. The third-order valence-corrected chi connectivity index (χ3v) is 3.75. The minimum Gasteiger partial charge on any atom is -0.396 e. The monoisotopic (exact) mass is 296 g/mol. The molecule has 3 rings (SSSR count). The normalized spacial score (nSPS) is 11.3. The highest BCUT2D eigenvalue weighted by Gasteiger charge is 2.15. The molecule has 114 valence electrons. The third kappa shape index (κ3) is 2.48. The van der Waals surface area contributed by atoms with Crippen LogP contribution in [-0.2, 0) is 12.8 Å². The number of aromatic nitrogens is 4. The van der Waals surface area contributed by atoms with Crippen molar-refractivity contribution in [2.45, 2.75) is 33.6 Å². The highest BCUT2D eigenvalue weighted by Crippen LogP contribution is 2.23. The van der Waals surface area contributed by atoms with Crippen molar-refractivity contribution < 1.29 is 5.11 Å². The highest BCUT2D eigenvalue weighted by molar-refractivity contribution is 5.76. The maximum absolute atomic E-state index is 9.15. The van der Waals surface area contributed by atoms with Gasteiger partial charge < -0.3 is 5.11 Å². The number of benzene rings is 1. The van der Waals surface area contributed by atoms with Gasteiger partial charge in [0.2, 0.25) is 0 Å². The van der Waals surface area contributed by atoms with Gasteiger partial charge in [0.15, 0.2) is 5.65 Å². The summed E-state index contributed by atoms with van der Waals surface area (Å²) in [5.74, 6) is 1.72. The molecule has 5 heteroatoms. The first-order valence-electron chi connectivity index (χ1n) is 7.56. The molecule has 0 radical (unpaired) electrons. The van der Waals surface area contributed by atoms with Gasteiger partial charge in [0.05, 0.1) is 5.69 Å². The maximum atomic E-state index is 9.15. The smallest absolute Gasteiger partial charge is 0.168 e. The summed E-state index contributed by atoms with van der Waals surface area (Å²) in [6.45, 7) is 6.10. The number of hydrogen-bond donors (Lipinski definition) is 1. The number of fused-ring (bicyclic) bond motifs is 1. The average Bonchev–Trinajstić information content (AvgIpc) is 2.86. The molecule has 0 aliphatic rings. The molecule has 0 saturated heterocycles. The van der Waals surface area contributed by atoms with Gasteiger partial charge in [0, 0.05) is 18.7 Å². The van der Waals surface area contributed by atoms with Crippen molar-refractivity contribution in [2.75, 3.05) is 6.61 Å². The van der Waals surface area contributed by atoms with Crippen molar-refractivity contribution in [3.8, 4) is 5.69 Å². The topological polar surface area (TPSA) is 63.8 Å². The van der Waals surface area contributed by atoms with Crippen molar-refractivity contribution in [1.82, 2.24) is 19.5 Å². The number of aryl methyl sites for hydroxylation is 3. The Labute approximate surface area is 129 Å². The average molecular weight is 296 g/mol. The Morgan fingerprint density at radius 1 is 1.14 bits per heavy atom. The number of imidazole rings is 1. The van der Waals surface area contributed by atoms with E-state index in [0.717, 1.165) is 46.2 Å². The molecule has 0 amide bonds. The Morgan fingerprint density at radius 2 is 1.95 bits per heavy atom. The predicted molar refractivity (Wildman–Crippen MR) is 86.3 cm³/mol. The summed E-state index contributed by atoms with van der Waals surface area (Å²) in [6, 6.07) is 8.17. The fraction of sp³-hybridized carbons (Fsp3) is 0.353. The van der Waals surface area contributed by atoms with E-state index in [4.69, 9.17) is 10.1 Å². The van der Waals surface area contributed by atoms with Crippen LogP contribution >= 0.6 is 0 Å². The molecule has 0 saturated carbocycles. The van der Waals surface area contributed by atoms with E-state index in [2.05, 4.69) is 27.5 Å². The van der Waals surface area contributed by atoms with Crippen molar-refractivity contribution in [3.05, 3.63) is 47.2 Å². The SMILES string of the molecule is CCc1nc2c(C)nc(C)nc2n1-c1cccc(CCO)c1. The first-order chi connectivity index (χ1) is 10.6. The van der Waals surface area contributed by atoms with Crippen LogP contribution in [0.1, 0.15) is 29.8 Å². The van der Waals surface area contributed by atoms with E-state index >= 15 is 0 Å². The standard InChI is InChI=1S/C17H20N4O/c1-4-15-20-16-11(2)18-12(3)19-17(16)21(15)14-7-5-6-13(10-14)8-9-22/h5-7,10,22H,4,8-9H2,1-3H3. The van der Waals surface area contributed by atoms with Crippen LogP contribution < -0.4 is 0 Å². The zero-order valence-corrected chi connectivity index (χ0v) is 13.2. The number of hydrogen-bond acceptors (Lipinski definition) is 4. The Balaban J connectivity index is 2.27. The predicted octanol–water partition coefficient (Wildman–Crippen LogP) is 2.53. The van der Waals surface area contributed by atoms with Crippen LogP contribution in [0.3, 0.4) is 0 Å². The summed E-state index contributed by atoms with van der Waals surface area (Å²) >= 11 is 0. The molecule has 0 unspecified atom stereocenters. The lowest BCUT2D eigenvalue weighted by atomic mass is 10.1. The van der Waals surface area contributed by atoms with E-state index in [1.807, 2.05) is 32.0 Å². The first kappa shape index (κ1) is 14.7. The van der Waals surface area contributed by atoms with Crippen molar-refractivity contribution in [1.29, 1.82) is 0 Å². The van der Waals surface area contributed by atoms with Gasteiger partial charge in [-0.25, -0.2) is 15.0 Å². The molecule has 3 aromatic rings. The lowest BCUT2D eigenvalue weighted by Crippen LogP contribution is -2.03. The molecule has 0 aliphatic heterocycles. The molecule has 1 aromatic carbocycles. The summed E-state index contributed by atoms with van der Waals surface area (Å²) in [5.41, 5.74) is 4.75. The van der Waals surface area contributed by atoms with Gasteiger partial charge in [-0.2, -0.15) is 0 Å². The van der Waals surface area contributed by atoms with E-state index < -0.39 is 0 Å². The van der Waals surface area contributed by atoms with Crippen molar-refractivity contribution in [2.24, 2.45) is 0 Å². The summed E-state index contributed by atoms with van der Waals surface area (Å²) in [7, 11) is 0. The number of rotatable bonds is 4. The second-order valence-electron chi connectivity index (χ2n) is 5.39.